The van der Waals surface area contributed by atoms with Crippen LogP contribution in [-0.2, 0) is 16.1 Å². The predicted octanol–water partition coefficient (Wildman–Crippen LogP) is 3.02. The lowest BCUT2D eigenvalue weighted by molar-refractivity contribution is -0.123. The zero-order valence-electron chi connectivity index (χ0n) is 14.5. The number of benzene rings is 3. The third kappa shape index (κ3) is 5.15. The number of imide groups is 1. The average molecular weight is 362 g/mol. The van der Waals surface area contributed by atoms with Gasteiger partial charge in [0, 0.05) is 6.54 Å². The Bertz CT molecular complexity index is 970. The van der Waals surface area contributed by atoms with Crippen molar-refractivity contribution < 1.29 is 19.1 Å². The fraction of sp³-hybridized carbons (Fsp3) is 0.0952. The van der Waals surface area contributed by atoms with Crippen molar-refractivity contribution in [1.29, 1.82) is 0 Å². The van der Waals surface area contributed by atoms with Gasteiger partial charge in [-0.2, -0.15) is 0 Å². The van der Waals surface area contributed by atoms with E-state index in [-0.39, 0.29) is 6.54 Å². The Kier molecular flexibility index (Phi) is 5.79. The quantitative estimate of drug-likeness (QED) is 0.683. The van der Waals surface area contributed by atoms with Crippen molar-refractivity contribution in [2.45, 2.75) is 6.54 Å². The first-order valence-corrected chi connectivity index (χ1v) is 8.39. The van der Waals surface area contributed by atoms with Crippen molar-refractivity contribution in [1.82, 2.24) is 10.6 Å². The third-order valence-electron chi connectivity index (χ3n) is 3.87. The van der Waals surface area contributed by atoms with Gasteiger partial charge in [0.05, 0.1) is 5.56 Å². The zero-order chi connectivity index (χ0) is 19.1. The maximum absolute atomic E-state index is 12.1. The van der Waals surface area contributed by atoms with E-state index in [0.29, 0.717) is 5.56 Å². The summed E-state index contributed by atoms with van der Waals surface area (Å²) < 4.78 is 4.97. The van der Waals surface area contributed by atoms with Crippen LogP contribution in [0.2, 0.25) is 0 Å². The number of hydrogen-bond donors (Lipinski definition) is 2. The summed E-state index contributed by atoms with van der Waals surface area (Å²) in [6.07, 6.45) is 0. The number of urea groups is 1. The molecule has 27 heavy (non-hydrogen) atoms. The molecule has 0 fully saturated rings. The number of hydrogen-bond acceptors (Lipinski definition) is 4. The maximum atomic E-state index is 12.1. The van der Waals surface area contributed by atoms with E-state index < -0.39 is 24.5 Å². The molecule has 0 aliphatic rings. The molecule has 0 saturated carbocycles. The average Bonchev–Trinajstić information content (AvgIpc) is 2.71. The predicted molar refractivity (Wildman–Crippen MR) is 101 cm³/mol. The van der Waals surface area contributed by atoms with Gasteiger partial charge in [0.15, 0.2) is 6.61 Å². The second-order valence-electron chi connectivity index (χ2n) is 5.85. The summed E-state index contributed by atoms with van der Waals surface area (Å²) in [7, 11) is 0. The molecular weight excluding hydrogens is 344 g/mol. The van der Waals surface area contributed by atoms with Gasteiger partial charge in [0.25, 0.3) is 5.91 Å². The number of fused-ring (bicyclic) bond motifs is 1. The van der Waals surface area contributed by atoms with Crippen LogP contribution in [-0.4, -0.2) is 24.5 Å². The molecule has 3 amide bonds. The van der Waals surface area contributed by atoms with Crippen molar-refractivity contribution in [3.8, 4) is 0 Å². The van der Waals surface area contributed by atoms with E-state index in [9.17, 15) is 14.4 Å². The molecular formula is C21H18N2O4. The molecule has 0 heterocycles. The molecule has 136 valence electrons. The van der Waals surface area contributed by atoms with Gasteiger partial charge in [-0.3, -0.25) is 10.1 Å². The first-order valence-electron chi connectivity index (χ1n) is 8.39. The van der Waals surface area contributed by atoms with Gasteiger partial charge in [-0.1, -0.05) is 60.7 Å². The van der Waals surface area contributed by atoms with E-state index in [2.05, 4.69) is 10.6 Å². The van der Waals surface area contributed by atoms with E-state index in [1.165, 1.54) is 0 Å². The van der Waals surface area contributed by atoms with Crippen LogP contribution in [0.5, 0.6) is 0 Å². The van der Waals surface area contributed by atoms with E-state index in [0.717, 1.165) is 16.3 Å². The smallest absolute Gasteiger partial charge is 0.338 e. The summed E-state index contributed by atoms with van der Waals surface area (Å²) in [5.41, 5.74) is 1.25. The zero-order valence-corrected chi connectivity index (χ0v) is 14.5. The van der Waals surface area contributed by atoms with Crippen molar-refractivity contribution in [2.75, 3.05) is 6.61 Å². The van der Waals surface area contributed by atoms with Crippen LogP contribution >= 0.6 is 0 Å². The molecule has 3 rings (SSSR count). The fourth-order valence-corrected chi connectivity index (χ4v) is 2.52. The van der Waals surface area contributed by atoms with Gasteiger partial charge in [0.2, 0.25) is 0 Å². The van der Waals surface area contributed by atoms with Gasteiger partial charge in [0.1, 0.15) is 0 Å². The molecule has 3 aromatic rings. The Balaban J connectivity index is 1.46. The van der Waals surface area contributed by atoms with Crippen molar-refractivity contribution >= 4 is 28.7 Å². The highest BCUT2D eigenvalue weighted by atomic mass is 16.5. The van der Waals surface area contributed by atoms with Crippen LogP contribution in [0, 0.1) is 0 Å². The molecule has 0 unspecified atom stereocenters. The summed E-state index contributed by atoms with van der Waals surface area (Å²) in [4.78, 5) is 35.6. The Morgan fingerprint density at radius 3 is 2.30 bits per heavy atom. The Morgan fingerprint density at radius 1 is 0.815 bits per heavy atom. The Labute approximate surface area is 156 Å². The lowest BCUT2D eigenvalue weighted by Crippen LogP contribution is -2.41. The monoisotopic (exact) mass is 362 g/mol. The molecule has 6 nitrogen and oxygen atoms in total. The Morgan fingerprint density at radius 2 is 1.52 bits per heavy atom. The standard InChI is InChI=1S/C21H18N2O4/c24-19(23-21(26)22-13-15-6-2-1-3-7-15)14-27-20(25)18-11-10-16-8-4-5-9-17(16)12-18/h1-12H,13-14H2,(H2,22,23,24,26). The topological polar surface area (TPSA) is 84.5 Å². The summed E-state index contributed by atoms with van der Waals surface area (Å²) >= 11 is 0. The minimum absolute atomic E-state index is 0.289. The number of nitrogens with one attached hydrogen (secondary N) is 2. The minimum atomic E-state index is -0.699. The molecule has 0 spiro atoms. The molecule has 0 aliphatic carbocycles. The van der Waals surface area contributed by atoms with Crippen LogP contribution in [0.25, 0.3) is 10.8 Å². The van der Waals surface area contributed by atoms with Crippen LogP contribution in [0.1, 0.15) is 15.9 Å². The molecule has 0 radical (unpaired) electrons. The van der Waals surface area contributed by atoms with Gasteiger partial charge in [-0.15, -0.1) is 0 Å². The van der Waals surface area contributed by atoms with Gasteiger partial charge in [-0.05, 0) is 28.5 Å². The molecule has 0 aromatic heterocycles. The number of carbonyl (C=O) groups excluding carboxylic acids is 3. The van der Waals surface area contributed by atoms with E-state index in [1.54, 1.807) is 12.1 Å². The van der Waals surface area contributed by atoms with Crippen LogP contribution < -0.4 is 10.6 Å². The molecule has 0 aliphatic heterocycles. The first-order chi connectivity index (χ1) is 13.1. The SMILES string of the molecule is O=C(COC(=O)c1ccc2ccccc2c1)NC(=O)NCc1ccccc1. The summed E-state index contributed by atoms with van der Waals surface area (Å²) in [6.45, 7) is -0.249. The first kappa shape index (κ1) is 18.1. The summed E-state index contributed by atoms with van der Waals surface area (Å²) in [5, 5.41) is 6.58. The number of esters is 1. The number of carbonyl (C=O) groups is 3. The van der Waals surface area contributed by atoms with E-state index >= 15 is 0 Å². The summed E-state index contributed by atoms with van der Waals surface area (Å²) in [5.74, 6) is -1.32. The van der Waals surface area contributed by atoms with E-state index in [1.807, 2.05) is 60.7 Å². The lowest BCUT2D eigenvalue weighted by atomic mass is 10.1. The molecule has 3 aromatic carbocycles. The normalized spacial score (nSPS) is 10.2. The van der Waals surface area contributed by atoms with Gasteiger partial charge < -0.3 is 10.1 Å². The fourth-order valence-electron chi connectivity index (χ4n) is 2.52. The number of rotatable bonds is 5. The minimum Gasteiger partial charge on any atom is -0.452 e. The van der Waals surface area contributed by atoms with Crippen molar-refractivity contribution in [3.63, 3.8) is 0 Å². The second-order valence-corrected chi connectivity index (χ2v) is 5.85. The highest BCUT2D eigenvalue weighted by Crippen LogP contribution is 2.16. The number of ether oxygens (including phenoxy) is 1. The van der Waals surface area contributed by atoms with Gasteiger partial charge >= 0.3 is 12.0 Å². The van der Waals surface area contributed by atoms with Crippen LogP contribution in [0.4, 0.5) is 4.79 Å². The van der Waals surface area contributed by atoms with Crippen molar-refractivity contribution in [3.05, 3.63) is 83.9 Å². The molecule has 6 heteroatoms. The highest BCUT2D eigenvalue weighted by molar-refractivity contribution is 5.98. The highest BCUT2D eigenvalue weighted by Gasteiger charge is 2.12. The largest absolute Gasteiger partial charge is 0.452 e. The summed E-state index contributed by atoms with van der Waals surface area (Å²) in [6, 6.07) is 21.4. The van der Waals surface area contributed by atoms with E-state index in [4.69, 9.17) is 4.74 Å². The van der Waals surface area contributed by atoms with Crippen molar-refractivity contribution in [2.24, 2.45) is 0 Å². The number of amides is 3. The molecule has 0 atom stereocenters. The third-order valence-corrected chi connectivity index (χ3v) is 3.87. The maximum Gasteiger partial charge on any atom is 0.338 e. The lowest BCUT2D eigenvalue weighted by Gasteiger charge is -2.08. The molecule has 0 saturated heterocycles. The van der Waals surface area contributed by atoms with Crippen LogP contribution in [0.3, 0.4) is 0 Å². The second kappa shape index (κ2) is 8.62. The Hall–Kier alpha value is -3.67. The van der Waals surface area contributed by atoms with Crippen LogP contribution in [0.15, 0.2) is 72.8 Å². The van der Waals surface area contributed by atoms with Gasteiger partial charge in [-0.25, -0.2) is 9.59 Å². The molecule has 0 bridgehead atoms. The molecule has 2 N–H and O–H groups in total.